The van der Waals surface area contributed by atoms with Crippen molar-refractivity contribution in [2.24, 2.45) is 0 Å². The topological polar surface area (TPSA) is 56.1 Å². The second kappa shape index (κ2) is 9.88. The Hall–Kier alpha value is -3.31. The van der Waals surface area contributed by atoms with E-state index in [1.54, 1.807) is 24.3 Å². The van der Waals surface area contributed by atoms with Crippen LogP contribution >= 0.6 is 11.6 Å². The highest BCUT2D eigenvalue weighted by molar-refractivity contribution is 6.30. The smallest absolute Gasteiger partial charge is 0.251 e. The summed E-state index contributed by atoms with van der Waals surface area (Å²) in [5.74, 6) is 1.68. The van der Waals surface area contributed by atoms with Gasteiger partial charge in [-0.25, -0.2) is 4.98 Å². The van der Waals surface area contributed by atoms with Gasteiger partial charge in [-0.1, -0.05) is 41.9 Å². The molecule has 0 radical (unpaired) electrons. The molecule has 0 fully saturated rings. The minimum atomic E-state index is -0.145. The van der Waals surface area contributed by atoms with Gasteiger partial charge in [-0.3, -0.25) is 4.79 Å². The molecule has 0 bridgehead atoms. The Morgan fingerprint density at radius 3 is 2.72 bits per heavy atom. The molecule has 0 spiro atoms. The lowest BCUT2D eigenvalue weighted by Crippen LogP contribution is -2.26. The summed E-state index contributed by atoms with van der Waals surface area (Å²) in [5.41, 5.74) is 4.93. The number of benzene rings is 3. The van der Waals surface area contributed by atoms with Gasteiger partial charge in [0.1, 0.15) is 18.2 Å². The number of nitrogens with zero attached hydrogens (tertiary/aromatic N) is 2. The molecule has 5 nitrogen and oxygen atoms in total. The lowest BCUT2D eigenvalue weighted by atomic mass is 10.1. The number of fused-ring (bicyclic) bond motifs is 1. The molecule has 4 rings (SSSR count). The molecule has 0 atom stereocenters. The first-order chi connectivity index (χ1) is 15.5. The number of carbonyl (C=O) groups excluding carboxylic acids is 1. The van der Waals surface area contributed by atoms with Crippen molar-refractivity contribution in [1.29, 1.82) is 0 Å². The van der Waals surface area contributed by atoms with Gasteiger partial charge in [0.25, 0.3) is 5.91 Å². The van der Waals surface area contributed by atoms with Crippen molar-refractivity contribution in [2.75, 3.05) is 13.2 Å². The van der Waals surface area contributed by atoms with Gasteiger partial charge in [-0.2, -0.15) is 0 Å². The third-order valence-corrected chi connectivity index (χ3v) is 5.82. The molecule has 32 heavy (non-hydrogen) atoms. The van der Waals surface area contributed by atoms with Gasteiger partial charge in [-0.15, -0.1) is 0 Å². The predicted octanol–water partition coefficient (Wildman–Crippen LogP) is 5.36. The first-order valence-corrected chi connectivity index (χ1v) is 11.1. The number of aryl methyl sites for hydroxylation is 1. The van der Waals surface area contributed by atoms with E-state index >= 15 is 0 Å². The number of ether oxygens (including phenoxy) is 1. The zero-order valence-electron chi connectivity index (χ0n) is 18.3. The van der Waals surface area contributed by atoms with Gasteiger partial charge < -0.3 is 14.6 Å². The minimum absolute atomic E-state index is 0.145. The maximum atomic E-state index is 12.4. The van der Waals surface area contributed by atoms with Crippen LogP contribution in [0.3, 0.4) is 0 Å². The normalized spacial score (nSPS) is 11.0. The number of rotatable bonds is 8. The van der Waals surface area contributed by atoms with Crippen LogP contribution in [0.5, 0.6) is 5.75 Å². The lowest BCUT2D eigenvalue weighted by Gasteiger charge is -2.13. The molecule has 0 unspecified atom stereocenters. The molecule has 0 aliphatic carbocycles. The summed E-state index contributed by atoms with van der Waals surface area (Å²) in [5, 5.41) is 3.50. The molecule has 0 saturated heterocycles. The maximum absolute atomic E-state index is 12.4. The number of hydrogen-bond donors (Lipinski definition) is 1. The summed E-state index contributed by atoms with van der Waals surface area (Å²) in [6.45, 7) is 5.84. The average Bonchev–Trinajstić information content (AvgIpc) is 3.14. The van der Waals surface area contributed by atoms with E-state index in [9.17, 15) is 4.79 Å². The molecule has 1 aromatic heterocycles. The van der Waals surface area contributed by atoms with E-state index in [4.69, 9.17) is 21.3 Å². The Morgan fingerprint density at radius 1 is 1.06 bits per heavy atom. The number of amides is 1. The molecule has 164 valence electrons. The Labute approximate surface area is 193 Å². The molecular weight excluding hydrogens is 422 g/mol. The molecule has 1 heterocycles. The van der Waals surface area contributed by atoms with Gasteiger partial charge in [-0.05, 0) is 61.4 Å². The summed E-state index contributed by atoms with van der Waals surface area (Å²) in [6.07, 6.45) is 0.616. The van der Waals surface area contributed by atoms with E-state index in [0.29, 0.717) is 36.7 Å². The minimum Gasteiger partial charge on any atom is -0.491 e. The summed E-state index contributed by atoms with van der Waals surface area (Å²) in [7, 11) is 0. The van der Waals surface area contributed by atoms with Gasteiger partial charge >= 0.3 is 0 Å². The molecule has 6 heteroatoms. The SMILES string of the molecule is Cc1cccc(OCCn2c(CCNC(=O)c3cccc(Cl)c3)nc3ccccc32)c1C. The van der Waals surface area contributed by atoms with E-state index in [-0.39, 0.29) is 5.91 Å². The predicted molar refractivity (Wildman–Crippen MR) is 129 cm³/mol. The molecule has 0 aliphatic heterocycles. The van der Waals surface area contributed by atoms with Crippen LogP contribution in [-0.2, 0) is 13.0 Å². The summed E-state index contributed by atoms with van der Waals surface area (Å²) in [4.78, 5) is 17.2. The van der Waals surface area contributed by atoms with Crippen molar-refractivity contribution in [1.82, 2.24) is 14.9 Å². The van der Waals surface area contributed by atoms with Crippen LogP contribution in [0.15, 0.2) is 66.7 Å². The van der Waals surface area contributed by atoms with Crippen molar-refractivity contribution >= 4 is 28.5 Å². The molecule has 0 aliphatic rings. The largest absolute Gasteiger partial charge is 0.491 e. The highest BCUT2D eigenvalue weighted by Gasteiger charge is 2.12. The molecule has 1 N–H and O–H groups in total. The first-order valence-electron chi connectivity index (χ1n) is 10.7. The second-order valence-electron chi connectivity index (χ2n) is 7.73. The fourth-order valence-electron chi connectivity index (χ4n) is 3.71. The van der Waals surface area contributed by atoms with Crippen molar-refractivity contribution in [3.8, 4) is 5.75 Å². The summed E-state index contributed by atoms with van der Waals surface area (Å²) >= 11 is 5.99. The van der Waals surface area contributed by atoms with Crippen molar-refractivity contribution in [2.45, 2.75) is 26.8 Å². The lowest BCUT2D eigenvalue weighted by molar-refractivity contribution is 0.0954. The van der Waals surface area contributed by atoms with Crippen LogP contribution in [0.4, 0.5) is 0 Å². The summed E-state index contributed by atoms with van der Waals surface area (Å²) < 4.78 is 8.25. The zero-order chi connectivity index (χ0) is 22.5. The molecular formula is C26H26ClN3O2. The second-order valence-corrected chi connectivity index (χ2v) is 8.17. The van der Waals surface area contributed by atoms with E-state index in [2.05, 4.69) is 35.9 Å². The molecule has 4 aromatic rings. The van der Waals surface area contributed by atoms with Gasteiger partial charge in [0.05, 0.1) is 17.6 Å². The van der Waals surface area contributed by atoms with Crippen LogP contribution in [0, 0.1) is 13.8 Å². The van der Waals surface area contributed by atoms with Crippen LogP contribution in [0.25, 0.3) is 11.0 Å². The maximum Gasteiger partial charge on any atom is 0.251 e. The third-order valence-electron chi connectivity index (χ3n) is 5.58. The fraction of sp³-hybridized carbons (Fsp3) is 0.231. The van der Waals surface area contributed by atoms with E-state index in [1.807, 2.05) is 30.3 Å². The summed E-state index contributed by atoms with van der Waals surface area (Å²) in [6, 6.07) is 21.1. The number of imidazole rings is 1. The van der Waals surface area contributed by atoms with Crippen LogP contribution in [0.1, 0.15) is 27.3 Å². The van der Waals surface area contributed by atoms with Gasteiger partial charge in [0.15, 0.2) is 0 Å². The molecule has 0 saturated carbocycles. The number of hydrogen-bond acceptors (Lipinski definition) is 3. The van der Waals surface area contributed by atoms with Crippen molar-refractivity contribution in [3.05, 3.63) is 94.3 Å². The monoisotopic (exact) mass is 447 g/mol. The zero-order valence-corrected chi connectivity index (χ0v) is 19.0. The van der Waals surface area contributed by atoms with E-state index in [1.165, 1.54) is 5.56 Å². The number of para-hydroxylation sites is 2. The highest BCUT2D eigenvalue weighted by atomic mass is 35.5. The highest BCUT2D eigenvalue weighted by Crippen LogP contribution is 2.21. The molecule has 1 amide bonds. The van der Waals surface area contributed by atoms with Gasteiger partial charge in [0.2, 0.25) is 0 Å². The van der Waals surface area contributed by atoms with Crippen LogP contribution in [0.2, 0.25) is 5.02 Å². The quantitative estimate of drug-likeness (QED) is 0.395. The Morgan fingerprint density at radius 2 is 1.88 bits per heavy atom. The third kappa shape index (κ3) is 4.94. The standard InChI is InChI=1S/C26H26ClN3O2/c1-18-7-5-12-24(19(18)2)32-16-15-30-23-11-4-3-10-22(23)29-25(30)13-14-28-26(31)20-8-6-9-21(27)17-20/h3-12,17H,13-16H2,1-2H3,(H,28,31). The van der Waals surface area contributed by atoms with Gasteiger partial charge in [0, 0.05) is 23.6 Å². The van der Waals surface area contributed by atoms with Crippen LogP contribution < -0.4 is 10.1 Å². The average molecular weight is 448 g/mol. The number of halogens is 1. The van der Waals surface area contributed by atoms with Crippen molar-refractivity contribution in [3.63, 3.8) is 0 Å². The van der Waals surface area contributed by atoms with E-state index < -0.39 is 0 Å². The number of nitrogens with one attached hydrogen (secondary N) is 1. The van der Waals surface area contributed by atoms with Crippen LogP contribution in [-0.4, -0.2) is 28.6 Å². The number of aromatic nitrogens is 2. The molecule has 3 aromatic carbocycles. The Bertz CT molecular complexity index is 1250. The van der Waals surface area contributed by atoms with Crippen molar-refractivity contribution < 1.29 is 9.53 Å². The Kier molecular flexibility index (Phi) is 6.76. The Balaban J connectivity index is 1.44. The first kappa shape index (κ1) is 21.9. The number of carbonyl (C=O) groups is 1. The van der Waals surface area contributed by atoms with E-state index in [0.717, 1.165) is 28.2 Å². The fourth-order valence-corrected chi connectivity index (χ4v) is 3.90.